The van der Waals surface area contributed by atoms with Crippen LogP contribution >= 0.6 is 0 Å². The number of likely N-dealkylation sites (tertiary alicyclic amines) is 1. The molecule has 3 heterocycles. The van der Waals surface area contributed by atoms with Crippen LogP contribution in [0.5, 0.6) is 0 Å². The molecule has 0 spiro atoms. The zero-order valence-corrected chi connectivity index (χ0v) is 15.9. The number of piperidine rings is 2. The third kappa shape index (κ3) is 4.75. The molecule has 11 nitrogen and oxygen atoms in total. The highest BCUT2D eigenvalue weighted by Crippen LogP contribution is 2.30. The Hall–Kier alpha value is -1.76. The number of amides is 3. The van der Waals surface area contributed by atoms with Crippen LogP contribution in [-0.2, 0) is 19.5 Å². The van der Waals surface area contributed by atoms with Gasteiger partial charge >= 0.3 is 16.4 Å². The highest BCUT2D eigenvalue weighted by molar-refractivity contribution is 7.80. The summed E-state index contributed by atoms with van der Waals surface area (Å²) in [7, 11) is -2.76. The average molecular weight is 403 g/mol. The van der Waals surface area contributed by atoms with Crippen molar-refractivity contribution in [3.8, 4) is 0 Å². The van der Waals surface area contributed by atoms with Gasteiger partial charge in [-0.05, 0) is 51.7 Å². The Labute approximate surface area is 158 Å². The van der Waals surface area contributed by atoms with E-state index in [4.69, 9.17) is 9.96 Å². The van der Waals surface area contributed by atoms with E-state index in [2.05, 4.69) is 14.5 Å². The SMILES string of the molecule is CN1CCC(CC(=O)NC(=N)C2CCC3CN2C(=O)N3OS(=O)(=O)O)CC1. The minimum absolute atomic E-state index is 0.0755. The molecule has 3 fully saturated rings. The topological polar surface area (TPSA) is 143 Å². The maximum absolute atomic E-state index is 12.4. The normalized spacial score (nSPS) is 27.1. The molecule has 12 heteroatoms. The third-order valence-electron chi connectivity index (χ3n) is 5.42. The van der Waals surface area contributed by atoms with E-state index in [0.29, 0.717) is 24.3 Å². The zero-order valence-electron chi connectivity index (χ0n) is 15.1. The van der Waals surface area contributed by atoms with E-state index in [1.54, 1.807) is 0 Å². The molecule has 27 heavy (non-hydrogen) atoms. The molecule has 0 aromatic heterocycles. The van der Waals surface area contributed by atoms with Crippen LogP contribution in [0.1, 0.15) is 32.1 Å². The molecule has 0 radical (unpaired) electrons. The second-order valence-corrected chi connectivity index (χ2v) is 8.43. The highest BCUT2D eigenvalue weighted by atomic mass is 32.3. The van der Waals surface area contributed by atoms with Gasteiger partial charge in [-0.1, -0.05) is 0 Å². The van der Waals surface area contributed by atoms with Crippen LogP contribution in [0.25, 0.3) is 0 Å². The van der Waals surface area contributed by atoms with Crippen LogP contribution in [-0.4, -0.2) is 84.4 Å². The molecule has 2 atom stereocenters. The van der Waals surface area contributed by atoms with Gasteiger partial charge in [0.15, 0.2) is 0 Å². The lowest BCUT2D eigenvalue weighted by molar-refractivity contribution is -0.121. The Morgan fingerprint density at radius 1 is 1.30 bits per heavy atom. The zero-order chi connectivity index (χ0) is 19.8. The lowest BCUT2D eigenvalue weighted by atomic mass is 9.93. The summed E-state index contributed by atoms with van der Waals surface area (Å²) in [6, 6.07) is -1.90. The van der Waals surface area contributed by atoms with Gasteiger partial charge in [0.05, 0.1) is 12.1 Å². The Kier molecular flexibility index (Phi) is 5.70. The molecule has 152 valence electrons. The molecule has 3 aliphatic heterocycles. The summed E-state index contributed by atoms with van der Waals surface area (Å²) in [5.41, 5.74) is 0. The van der Waals surface area contributed by atoms with Gasteiger partial charge in [-0.2, -0.15) is 13.5 Å². The molecule has 3 rings (SSSR count). The number of carbonyl (C=O) groups excluding carboxylic acids is 2. The van der Waals surface area contributed by atoms with Crippen molar-refractivity contribution in [3.05, 3.63) is 0 Å². The molecule has 2 bridgehead atoms. The molecule has 0 aromatic carbocycles. The number of fused-ring (bicyclic) bond motifs is 2. The molecule has 2 unspecified atom stereocenters. The maximum Gasteiger partial charge on any atom is 0.418 e. The Morgan fingerprint density at radius 2 is 1.96 bits per heavy atom. The van der Waals surface area contributed by atoms with Crippen molar-refractivity contribution in [2.75, 3.05) is 26.7 Å². The van der Waals surface area contributed by atoms with Crippen LogP contribution in [0.3, 0.4) is 0 Å². The summed E-state index contributed by atoms with van der Waals surface area (Å²) in [4.78, 5) is 28.1. The molecular weight excluding hydrogens is 378 g/mol. The van der Waals surface area contributed by atoms with E-state index in [9.17, 15) is 18.0 Å². The summed E-state index contributed by atoms with van der Waals surface area (Å²) < 4.78 is 35.0. The number of urea groups is 1. The van der Waals surface area contributed by atoms with Crippen molar-refractivity contribution in [1.29, 1.82) is 5.41 Å². The quantitative estimate of drug-likeness (QED) is 0.328. The predicted octanol–water partition coefficient (Wildman–Crippen LogP) is -0.185. The fraction of sp³-hybridized carbons (Fsp3) is 0.800. The first-order valence-corrected chi connectivity index (χ1v) is 10.3. The van der Waals surface area contributed by atoms with Gasteiger partial charge in [0.2, 0.25) is 5.91 Å². The van der Waals surface area contributed by atoms with Gasteiger partial charge in [-0.25, -0.2) is 4.79 Å². The van der Waals surface area contributed by atoms with Gasteiger partial charge in [0.1, 0.15) is 5.84 Å². The van der Waals surface area contributed by atoms with Crippen LogP contribution < -0.4 is 5.32 Å². The van der Waals surface area contributed by atoms with Crippen molar-refractivity contribution in [2.45, 2.75) is 44.2 Å². The smallest absolute Gasteiger partial charge is 0.313 e. The molecule has 0 saturated carbocycles. The summed E-state index contributed by atoms with van der Waals surface area (Å²) >= 11 is 0. The van der Waals surface area contributed by atoms with E-state index in [1.807, 2.05) is 7.05 Å². The molecule has 3 amide bonds. The van der Waals surface area contributed by atoms with Crippen LogP contribution in [0.4, 0.5) is 4.79 Å². The average Bonchev–Trinajstić information content (AvgIpc) is 2.80. The monoisotopic (exact) mass is 403 g/mol. The number of hydrogen-bond donors (Lipinski definition) is 3. The van der Waals surface area contributed by atoms with E-state index >= 15 is 0 Å². The van der Waals surface area contributed by atoms with E-state index < -0.39 is 28.5 Å². The summed E-state index contributed by atoms with van der Waals surface area (Å²) in [5.74, 6) is -0.0281. The second kappa shape index (κ2) is 7.70. The molecular formula is C15H25N5O6S. The number of amidine groups is 1. The van der Waals surface area contributed by atoms with Crippen LogP contribution in [0.2, 0.25) is 0 Å². The van der Waals surface area contributed by atoms with E-state index in [-0.39, 0.29) is 24.2 Å². The minimum Gasteiger partial charge on any atom is -0.313 e. The third-order valence-corrected chi connectivity index (χ3v) is 5.77. The number of nitrogens with zero attached hydrogens (tertiary/aromatic N) is 3. The lowest BCUT2D eigenvalue weighted by Gasteiger charge is -2.31. The number of rotatable bonds is 5. The summed E-state index contributed by atoms with van der Waals surface area (Å²) in [6.45, 7) is 2.07. The largest absolute Gasteiger partial charge is 0.418 e. The van der Waals surface area contributed by atoms with Gasteiger partial charge in [0, 0.05) is 13.0 Å². The molecule has 3 saturated heterocycles. The first-order chi connectivity index (χ1) is 12.6. The van der Waals surface area contributed by atoms with Gasteiger partial charge in [0.25, 0.3) is 0 Å². The van der Waals surface area contributed by atoms with Crippen molar-refractivity contribution < 1.29 is 26.8 Å². The fourth-order valence-electron chi connectivity index (χ4n) is 3.94. The first kappa shape index (κ1) is 20.0. The van der Waals surface area contributed by atoms with Crippen LogP contribution in [0.15, 0.2) is 0 Å². The van der Waals surface area contributed by atoms with Crippen LogP contribution in [0, 0.1) is 11.3 Å². The Balaban J connectivity index is 1.55. The standard InChI is InChI=1S/C15H25N5O6S/c1-18-6-4-10(5-7-18)8-13(21)17-14(16)12-3-2-11-9-19(12)15(22)20(11)26-27(23,24)25/h10-12H,2-9H2,1H3,(H2,16,17,21)(H,23,24,25). The number of carbonyl (C=O) groups is 2. The highest BCUT2D eigenvalue weighted by Gasteiger charge is 2.48. The molecule has 3 N–H and O–H groups in total. The van der Waals surface area contributed by atoms with E-state index in [0.717, 1.165) is 25.9 Å². The second-order valence-electron chi connectivity index (χ2n) is 7.42. The van der Waals surface area contributed by atoms with Gasteiger partial charge < -0.3 is 15.1 Å². The van der Waals surface area contributed by atoms with E-state index in [1.165, 1.54) is 4.90 Å². The maximum atomic E-state index is 12.4. The van der Waals surface area contributed by atoms with Crippen molar-refractivity contribution in [3.63, 3.8) is 0 Å². The van der Waals surface area contributed by atoms with Gasteiger partial charge in [-0.15, -0.1) is 4.28 Å². The molecule has 0 aromatic rings. The Bertz CT molecular complexity index is 720. The summed E-state index contributed by atoms with van der Waals surface area (Å²) in [5, 5.41) is 11.4. The van der Waals surface area contributed by atoms with Gasteiger partial charge in [-0.3, -0.25) is 14.8 Å². The first-order valence-electron chi connectivity index (χ1n) is 8.97. The summed E-state index contributed by atoms with van der Waals surface area (Å²) in [6.07, 6.45) is 3.02. The number of hydrogen-bond acceptors (Lipinski definition) is 7. The fourth-order valence-corrected chi connectivity index (χ4v) is 4.33. The number of hydroxylamine groups is 2. The lowest BCUT2D eigenvalue weighted by Crippen LogP contribution is -2.51. The number of nitrogens with one attached hydrogen (secondary N) is 2. The minimum atomic E-state index is -4.80. The van der Waals surface area contributed by atoms with Crippen molar-refractivity contribution >= 4 is 28.2 Å². The predicted molar refractivity (Wildman–Crippen MR) is 94.1 cm³/mol. The Morgan fingerprint density at radius 3 is 2.59 bits per heavy atom. The van der Waals surface area contributed by atoms with Crippen molar-refractivity contribution in [2.24, 2.45) is 5.92 Å². The molecule has 0 aliphatic carbocycles. The molecule has 3 aliphatic rings. The van der Waals surface area contributed by atoms with Crippen molar-refractivity contribution in [1.82, 2.24) is 20.2 Å².